The first kappa shape index (κ1) is 22.8. The summed E-state index contributed by atoms with van der Waals surface area (Å²) < 4.78 is 0. The van der Waals surface area contributed by atoms with Crippen molar-refractivity contribution in [3.63, 3.8) is 0 Å². The average Bonchev–Trinajstić information content (AvgIpc) is 3.04. The van der Waals surface area contributed by atoms with Gasteiger partial charge in [0.15, 0.2) is 0 Å². The fourth-order valence-electron chi connectivity index (χ4n) is 6.42. The molecule has 8 rings (SSSR count). The van der Waals surface area contributed by atoms with Gasteiger partial charge in [-0.05, 0) is 89.0 Å². The smallest absolute Gasteiger partial charge is 0.00137 e. The molecule has 0 radical (unpaired) electrons. The van der Waals surface area contributed by atoms with Gasteiger partial charge in [0.25, 0.3) is 0 Å². The highest BCUT2D eigenvalue weighted by Crippen LogP contribution is 2.48. The summed E-state index contributed by atoms with van der Waals surface area (Å²) in [5.74, 6) is 0. The average molecular weight is 507 g/mol. The van der Waals surface area contributed by atoms with Crippen LogP contribution in [0.3, 0.4) is 0 Å². The Morgan fingerprint density at radius 2 is 0.525 bits per heavy atom. The molecule has 186 valence electrons. The molecule has 0 fully saturated rings. The predicted molar refractivity (Wildman–Crippen MR) is 172 cm³/mol. The van der Waals surface area contributed by atoms with Crippen LogP contribution in [0.5, 0.6) is 0 Å². The van der Waals surface area contributed by atoms with Gasteiger partial charge in [-0.1, -0.05) is 146 Å². The van der Waals surface area contributed by atoms with Crippen LogP contribution in [0.4, 0.5) is 0 Å². The van der Waals surface area contributed by atoms with Crippen LogP contribution in [0, 0.1) is 0 Å². The van der Waals surface area contributed by atoms with Gasteiger partial charge in [0, 0.05) is 0 Å². The molecule has 0 atom stereocenters. The molecule has 0 heterocycles. The standard InChI is InChI=1S/C40H26/c1-5-13-27(14-6-1)31-21-23-33-36(30-19-11-4-12-20-30)26-38-32(28-15-7-2-8-16-28)22-24-34-35(29-17-9-3-10-18-29)25-37(31)39(33)40(34)38/h1-26H. The maximum atomic E-state index is 2.43. The first-order chi connectivity index (χ1) is 19.9. The van der Waals surface area contributed by atoms with Gasteiger partial charge in [0.05, 0.1) is 0 Å². The summed E-state index contributed by atoms with van der Waals surface area (Å²) in [4.78, 5) is 0. The van der Waals surface area contributed by atoms with E-state index in [0.717, 1.165) is 0 Å². The minimum absolute atomic E-state index is 1.24. The van der Waals surface area contributed by atoms with E-state index in [1.165, 1.54) is 76.8 Å². The summed E-state index contributed by atoms with van der Waals surface area (Å²) in [5.41, 5.74) is 10.0. The van der Waals surface area contributed by atoms with Crippen LogP contribution in [0.25, 0.3) is 76.8 Å². The quantitative estimate of drug-likeness (QED) is 0.208. The molecule has 0 aliphatic carbocycles. The van der Waals surface area contributed by atoms with Crippen molar-refractivity contribution in [3.8, 4) is 44.5 Å². The van der Waals surface area contributed by atoms with E-state index >= 15 is 0 Å². The maximum Gasteiger partial charge on any atom is -0.00137 e. The third-order valence-electron chi connectivity index (χ3n) is 8.24. The lowest BCUT2D eigenvalue weighted by molar-refractivity contribution is 1.63. The van der Waals surface area contributed by atoms with E-state index in [1.54, 1.807) is 0 Å². The Morgan fingerprint density at radius 1 is 0.225 bits per heavy atom. The van der Waals surface area contributed by atoms with Crippen LogP contribution in [-0.2, 0) is 0 Å². The van der Waals surface area contributed by atoms with Crippen LogP contribution in [-0.4, -0.2) is 0 Å². The highest BCUT2D eigenvalue weighted by Gasteiger charge is 2.20. The van der Waals surface area contributed by atoms with E-state index in [1.807, 2.05) is 0 Å². The van der Waals surface area contributed by atoms with E-state index in [4.69, 9.17) is 0 Å². The minimum atomic E-state index is 1.24. The first-order valence-electron chi connectivity index (χ1n) is 13.9. The minimum Gasteiger partial charge on any atom is -0.0622 e. The van der Waals surface area contributed by atoms with Crippen molar-refractivity contribution in [2.24, 2.45) is 0 Å². The molecule has 0 saturated heterocycles. The van der Waals surface area contributed by atoms with Crippen molar-refractivity contribution in [2.75, 3.05) is 0 Å². The molecule has 0 aromatic heterocycles. The molecular formula is C40H26. The number of rotatable bonds is 4. The Hall–Kier alpha value is -5.20. The molecule has 0 saturated carbocycles. The van der Waals surface area contributed by atoms with Crippen LogP contribution in [0.15, 0.2) is 158 Å². The molecule has 0 bridgehead atoms. The fourth-order valence-corrected chi connectivity index (χ4v) is 6.42. The maximum absolute atomic E-state index is 2.43. The fraction of sp³-hybridized carbons (Fsp3) is 0. The summed E-state index contributed by atoms with van der Waals surface area (Å²) >= 11 is 0. The van der Waals surface area contributed by atoms with Crippen molar-refractivity contribution in [2.45, 2.75) is 0 Å². The molecule has 0 heteroatoms. The molecular weight excluding hydrogens is 480 g/mol. The Labute approximate surface area is 234 Å². The van der Waals surface area contributed by atoms with Crippen LogP contribution >= 0.6 is 0 Å². The molecule has 0 aliphatic rings. The SMILES string of the molecule is c1ccc(-c2cc3c(-c4ccccc4)ccc4c(-c5ccccc5)cc5c(-c6ccccc6)ccc2c5c43)cc1. The Morgan fingerprint density at radius 3 is 0.850 bits per heavy atom. The lowest BCUT2D eigenvalue weighted by Gasteiger charge is -2.22. The van der Waals surface area contributed by atoms with Gasteiger partial charge in [0.1, 0.15) is 0 Å². The normalized spacial score (nSPS) is 11.5. The first-order valence-corrected chi connectivity index (χ1v) is 13.9. The zero-order chi connectivity index (χ0) is 26.5. The third-order valence-corrected chi connectivity index (χ3v) is 8.24. The van der Waals surface area contributed by atoms with E-state index < -0.39 is 0 Å². The summed E-state index contributed by atoms with van der Waals surface area (Å²) in [6.45, 7) is 0. The molecule has 0 spiro atoms. The van der Waals surface area contributed by atoms with Crippen LogP contribution in [0.1, 0.15) is 0 Å². The number of benzene rings is 8. The molecule has 0 nitrogen and oxygen atoms in total. The molecule has 8 aromatic carbocycles. The second-order valence-electron chi connectivity index (χ2n) is 10.5. The van der Waals surface area contributed by atoms with E-state index in [2.05, 4.69) is 158 Å². The van der Waals surface area contributed by atoms with Crippen LogP contribution < -0.4 is 0 Å². The van der Waals surface area contributed by atoms with Gasteiger partial charge in [0.2, 0.25) is 0 Å². The lowest BCUT2D eigenvalue weighted by Crippen LogP contribution is -1.94. The summed E-state index contributed by atoms with van der Waals surface area (Å²) in [6.07, 6.45) is 0. The van der Waals surface area contributed by atoms with E-state index in [-0.39, 0.29) is 0 Å². The predicted octanol–water partition coefficient (Wildman–Crippen LogP) is 11.3. The van der Waals surface area contributed by atoms with Crippen molar-refractivity contribution >= 4 is 32.3 Å². The summed E-state index contributed by atoms with van der Waals surface area (Å²) in [5, 5.41) is 7.85. The topological polar surface area (TPSA) is 0 Å². The Kier molecular flexibility index (Phi) is 5.24. The van der Waals surface area contributed by atoms with E-state index in [9.17, 15) is 0 Å². The molecule has 0 N–H and O–H groups in total. The Balaban J connectivity index is 1.62. The zero-order valence-corrected chi connectivity index (χ0v) is 22.0. The van der Waals surface area contributed by atoms with Crippen molar-refractivity contribution in [1.29, 1.82) is 0 Å². The van der Waals surface area contributed by atoms with E-state index in [0.29, 0.717) is 0 Å². The Bertz CT molecular complexity index is 1950. The number of hydrogen-bond acceptors (Lipinski definition) is 0. The summed E-state index contributed by atoms with van der Waals surface area (Å²) in [7, 11) is 0. The lowest BCUT2D eigenvalue weighted by atomic mass is 9.81. The highest BCUT2D eigenvalue weighted by molar-refractivity contribution is 6.32. The summed E-state index contributed by atoms with van der Waals surface area (Å²) in [6, 6.07) is 57.4. The molecule has 40 heavy (non-hydrogen) atoms. The van der Waals surface area contributed by atoms with Crippen molar-refractivity contribution in [1.82, 2.24) is 0 Å². The second kappa shape index (κ2) is 9.22. The monoisotopic (exact) mass is 506 g/mol. The highest BCUT2D eigenvalue weighted by atomic mass is 14.2. The molecule has 0 amide bonds. The largest absolute Gasteiger partial charge is 0.0622 e. The van der Waals surface area contributed by atoms with Gasteiger partial charge in [-0.2, -0.15) is 0 Å². The van der Waals surface area contributed by atoms with Crippen molar-refractivity contribution in [3.05, 3.63) is 158 Å². The van der Waals surface area contributed by atoms with Gasteiger partial charge < -0.3 is 0 Å². The van der Waals surface area contributed by atoms with Gasteiger partial charge in [-0.25, -0.2) is 0 Å². The number of hydrogen-bond donors (Lipinski definition) is 0. The van der Waals surface area contributed by atoms with Gasteiger partial charge in [-0.3, -0.25) is 0 Å². The molecule has 0 unspecified atom stereocenters. The van der Waals surface area contributed by atoms with Gasteiger partial charge >= 0.3 is 0 Å². The second-order valence-corrected chi connectivity index (χ2v) is 10.5. The zero-order valence-electron chi connectivity index (χ0n) is 22.0. The van der Waals surface area contributed by atoms with Crippen molar-refractivity contribution < 1.29 is 0 Å². The third kappa shape index (κ3) is 3.54. The van der Waals surface area contributed by atoms with Gasteiger partial charge in [-0.15, -0.1) is 0 Å². The molecule has 8 aromatic rings. The molecule has 0 aliphatic heterocycles. The van der Waals surface area contributed by atoms with Crippen LogP contribution in [0.2, 0.25) is 0 Å².